The number of aromatic nitrogens is 4. The lowest BCUT2D eigenvalue weighted by molar-refractivity contribution is 0.166. The van der Waals surface area contributed by atoms with Crippen molar-refractivity contribution in [1.82, 2.24) is 19.3 Å². The van der Waals surface area contributed by atoms with Gasteiger partial charge in [0.15, 0.2) is 0 Å². The molecule has 2 rings (SSSR count). The van der Waals surface area contributed by atoms with E-state index in [2.05, 4.69) is 26.0 Å². The molecule has 0 aliphatic carbocycles. The first-order chi connectivity index (χ1) is 8.54. The van der Waals surface area contributed by atoms with Crippen molar-refractivity contribution < 1.29 is 5.11 Å². The first-order valence-electron chi connectivity index (χ1n) is 5.90. The standard InChI is InChI=1S/C12H17BrN4O/c1-4-17-7-14-6-10(17)11(18)5-9-12(13)8(2)15-16(9)3/h6-7,11,18H,4-5H2,1-3H3. The van der Waals surface area contributed by atoms with E-state index in [1.54, 1.807) is 17.2 Å². The molecular formula is C12H17BrN4O. The maximum Gasteiger partial charge on any atom is 0.101 e. The van der Waals surface area contributed by atoms with E-state index in [-0.39, 0.29) is 0 Å². The van der Waals surface area contributed by atoms with Gasteiger partial charge in [0, 0.05) is 20.0 Å². The molecule has 0 amide bonds. The minimum Gasteiger partial charge on any atom is -0.386 e. The van der Waals surface area contributed by atoms with E-state index in [9.17, 15) is 5.11 Å². The molecular weight excluding hydrogens is 296 g/mol. The van der Waals surface area contributed by atoms with E-state index in [1.807, 2.05) is 25.5 Å². The van der Waals surface area contributed by atoms with Crippen molar-refractivity contribution in [2.45, 2.75) is 32.9 Å². The summed E-state index contributed by atoms with van der Waals surface area (Å²) in [6.45, 7) is 4.77. The lowest BCUT2D eigenvalue weighted by atomic mass is 10.1. The number of hydrogen-bond acceptors (Lipinski definition) is 3. The Morgan fingerprint density at radius 3 is 2.78 bits per heavy atom. The van der Waals surface area contributed by atoms with Crippen LogP contribution in [0.25, 0.3) is 0 Å². The predicted octanol–water partition coefficient (Wildman–Crippen LogP) is 1.98. The van der Waals surface area contributed by atoms with Crippen LogP contribution in [-0.2, 0) is 20.0 Å². The second-order valence-electron chi connectivity index (χ2n) is 4.29. The molecule has 98 valence electrons. The lowest BCUT2D eigenvalue weighted by Gasteiger charge is -2.13. The van der Waals surface area contributed by atoms with Crippen LogP contribution in [-0.4, -0.2) is 24.4 Å². The van der Waals surface area contributed by atoms with Gasteiger partial charge in [-0.1, -0.05) is 0 Å². The van der Waals surface area contributed by atoms with E-state index in [0.29, 0.717) is 6.42 Å². The SMILES string of the molecule is CCn1cncc1C(O)Cc1c(Br)c(C)nn1C. The molecule has 2 aromatic rings. The fraction of sp³-hybridized carbons (Fsp3) is 0.500. The summed E-state index contributed by atoms with van der Waals surface area (Å²) in [5, 5.41) is 14.6. The Labute approximate surface area is 115 Å². The zero-order chi connectivity index (χ0) is 13.3. The second kappa shape index (κ2) is 5.24. The molecule has 1 atom stereocenters. The molecule has 1 N–H and O–H groups in total. The monoisotopic (exact) mass is 312 g/mol. The third-order valence-corrected chi connectivity index (χ3v) is 4.11. The number of hydrogen-bond donors (Lipinski definition) is 1. The predicted molar refractivity (Wildman–Crippen MR) is 72.2 cm³/mol. The normalized spacial score (nSPS) is 12.9. The van der Waals surface area contributed by atoms with Gasteiger partial charge >= 0.3 is 0 Å². The van der Waals surface area contributed by atoms with Gasteiger partial charge in [0.2, 0.25) is 0 Å². The van der Waals surface area contributed by atoms with Crippen molar-refractivity contribution in [3.8, 4) is 0 Å². The van der Waals surface area contributed by atoms with Gasteiger partial charge in [-0.3, -0.25) is 4.68 Å². The van der Waals surface area contributed by atoms with Gasteiger partial charge in [0.25, 0.3) is 0 Å². The molecule has 1 unspecified atom stereocenters. The highest BCUT2D eigenvalue weighted by atomic mass is 79.9. The van der Waals surface area contributed by atoms with E-state index >= 15 is 0 Å². The highest BCUT2D eigenvalue weighted by Gasteiger charge is 2.18. The maximum atomic E-state index is 10.3. The summed E-state index contributed by atoms with van der Waals surface area (Å²) in [6, 6.07) is 0. The Balaban J connectivity index is 2.24. The zero-order valence-corrected chi connectivity index (χ0v) is 12.3. The molecule has 0 spiro atoms. The summed E-state index contributed by atoms with van der Waals surface area (Å²) in [7, 11) is 1.89. The Kier molecular flexibility index (Phi) is 3.87. The molecule has 0 radical (unpaired) electrons. The summed E-state index contributed by atoms with van der Waals surface area (Å²) in [6.07, 6.45) is 3.40. The fourth-order valence-electron chi connectivity index (χ4n) is 2.06. The van der Waals surface area contributed by atoms with Crippen LogP contribution in [0.3, 0.4) is 0 Å². The number of aryl methyl sites for hydroxylation is 3. The molecule has 6 heteroatoms. The van der Waals surface area contributed by atoms with E-state index in [1.165, 1.54) is 0 Å². The van der Waals surface area contributed by atoms with Gasteiger partial charge in [0.05, 0.1) is 34.1 Å². The number of halogens is 1. The van der Waals surface area contributed by atoms with Crippen LogP contribution in [0.15, 0.2) is 17.0 Å². The van der Waals surface area contributed by atoms with E-state index in [0.717, 1.165) is 28.1 Å². The summed E-state index contributed by atoms with van der Waals surface area (Å²) >= 11 is 3.51. The Morgan fingerprint density at radius 2 is 2.22 bits per heavy atom. The topological polar surface area (TPSA) is 55.9 Å². The quantitative estimate of drug-likeness (QED) is 0.939. The largest absolute Gasteiger partial charge is 0.386 e. The number of aliphatic hydroxyl groups excluding tert-OH is 1. The molecule has 0 aliphatic rings. The van der Waals surface area contributed by atoms with Crippen LogP contribution in [0.1, 0.15) is 30.1 Å². The smallest absolute Gasteiger partial charge is 0.101 e. The van der Waals surface area contributed by atoms with Crippen molar-refractivity contribution in [3.63, 3.8) is 0 Å². The third-order valence-electron chi connectivity index (χ3n) is 3.07. The van der Waals surface area contributed by atoms with Gasteiger partial charge in [0.1, 0.15) is 6.10 Å². The van der Waals surface area contributed by atoms with Crippen molar-refractivity contribution in [1.29, 1.82) is 0 Å². The van der Waals surface area contributed by atoms with E-state index in [4.69, 9.17) is 0 Å². The number of aliphatic hydroxyl groups is 1. The first kappa shape index (κ1) is 13.3. The average Bonchev–Trinajstić information content (AvgIpc) is 2.90. The van der Waals surface area contributed by atoms with E-state index < -0.39 is 6.10 Å². The number of rotatable bonds is 4. The van der Waals surface area contributed by atoms with Gasteiger partial charge < -0.3 is 9.67 Å². The molecule has 0 fully saturated rings. The van der Waals surface area contributed by atoms with Crippen molar-refractivity contribution in [2.75, 3.05) is 0 Å². The molecule has 0 saturated heterocycles. The summed E-state index contributed by atoms with van der Waals surface area (Å²) in [4.78, 5) is 4.07. The van der Waals surface area contributed by atoms with Gasteiger partial charge in [-0.25, -0.2) is 4.98 Å². The maximum absolute atomic E-state index is 10.3. The molecule has 0 aromatic carbocycles. The van der Waals surface area contributed by atoms with Crippen LogP contribution in [0.2, 0.25) is 0 Å². The van der Waals surface area contributed by atoms with Crippen molar-refractivity contribution in [2.24, 2.45) is 7.05 Å². The minimum atomic E-state index is -0.571. The van der Waals surface area contributed by atoms with Gasteiger partial charge in [-0.2, -0.15) is 5.10 Å². The average molecular weight is 313 g/mol. The summed E-state index contributed by atoms with van der Waals surface area (Å²) in [5.41, 5.74) is 2.76. The van der Waals surface area contributed by atoms with Crippen molar-refractivity contribution in [3.05, 3.63) is 34.1 Å². The van der Waals surface area contributed by atoms with Crippen LogP contribution in [0.4, 0.5) is 0 Å². The third kappa shape index (κ3) is 2.35. The highest BCUT2D eigenvalue weighted by Crippen LogP contribution is 2.25. The minimum absolute atomic E-state index is 0.517. The Hall–Kier alpha value is -1.14. The molecule has 0 aliphatic heterocycles. The summed E-state index contributed by atoms with van der Waals surface area (Å²) < 4.78 is 4.71. The van der Waals surface area contributed by atoms with Crippen LogP contribution in [0.5, 0.6) is 0 Å². The van der Waals surface area contributed by atoms with Crippen LogP contribution >= 0.6 is 15.9 Å². The van der Waals surface area contributed by atoms with Gasteiger partial charge in [-0.05, 0) is 29.8 Å². The highest BCUT2D eigenvalue weighted by molar-refractivity contribution is 9.10. The first-order valence-corrected chi connectivity index (χ1v) is 6.70. The molecule has 0 bridgehead atoms. The second-order valence-corrected chi connectivity index (χ2v) is 5.09. The molecule has 2 aromatic heterocycles. The zero-order valence-electron chi connectivity index (χ0n) is 10.8. The summed E-state index contributed by atoms with van der Waals surface area (Å²) in [5.74, 6) is 0. The van der Waals surface area contributed by atoms with Crippen molar-refractivity contribution >= 4 is 15.9 Å². The van der Waals surface area contributed by atoms with Gasteiger partial charge in [-0.15, -0.1) is 0 Å². The van der Waals surface area contributed by atoms with Crippen LogP contribution in [0, 0.1) is 6.92 Å². The molecule has 0 saturated carbocycles. The lowest BCUT2D eigenvalue weighted by Crippen LogP contribution is -2.11. The number of imidazole rings is 1. The molecule has 5 nitrogen and oxygen atoms in total. The Bertz CT molecular complexity index is 546. The fourth-order valence-corrected chi connectivity index (χ4v) is 2.56. The van der Waals surface area contributed by atoms with Crippen LogP contribution < -0.4 is 0 Å². The Morgan fingerprint density at radius 1 is 1.50 bits per heavy atom. The molecule has 18 heavy (non-hydrogen) atoms. The number of nitrogens with zero attached hydrogens (tertiary/aromatic N) is 4. The molecule has 2 heterocycles.